The number of carboxylic acids is 1. The van der Waals surface area contributed by atoms with Crippen LogP contribution in [-0.2, 0) is 4.79 Å². The van der Waals surface area contributed by atoms with Crippen molar-refractivity contribution in [3.8, 4) is 0 Å². The topological polar surface area (TPSA) is 74.6 Å². The molecule has 2 aromatic rings. The molecule has 0 atom stereocenters. The molecule has 0 saturated carbocycles. The number of anilines is 1. The Morgan fingerprint density at radius 2 is 2.11 bits per heavy atom. The predicted molar refractivity (Wildman–Crippen MR) is 70.8 cm³/mol. The predicted octanol–water partition coefficient (Wildman–Crippen LogP) is 2.42. The van der Waals surface area contributed by atoms with Crippen LogP contribution in [0.1, 0.15) is 12.5 Å². The van der Waals surface area contributed by atoms with Gasteiger partial charge in [0.15, 0.2) is 0 Å². The molecule has 5 heteroatoms. The SMILES string of the molecule is C/C(=N/Nc1cc(C)c2ccccc2n1)C(=O)O. The molecule has 0 saturated heterocycles. The summed E-state index contributed by atoms with van der Waals surface area (Å²) in [5, 5.41) is 13.5. The van der Waals surface area contributed by atoms with E-state index in [2.05, 4.69) is 15.5 Å². The lowest BCUT2D eigenvalue weighted by atomic mass is 10.1. The molecule has 0 aliphatic rings. The van der Waals surface area contributed by atoms with Crippen molar-refractivity contribution in [2.24, 2.45) is 5.10 Å². The molecule has 0 unspecified atom stereocenters. The van der Waals surface area contributed by atoms with Crippen molar-refractivity contribution < 1.29 is 9.90 Å². The first kappa shape index (κ1) is 12.0. The van der Waals surface area contributed by atoms with E-state index in [-0.39, 0.29) is 5.71 Å². The first-order chi connectivity index (χ1) is 8.58. The standard InChI is InChI=1S/C13H13N3O2/c1-8-7-12(16-15-9(2)13(17)18)14-11-6-4-3-5-10(8)11/h3-7H,1-2H3,(H,14,16)(H,17,18)/b15-9-. The molecule has 0 bridgehead atoms. The van der Waals surface area contributed by atoms with E-state index >= 15 is 0 Å². The summed E-state index contributed by atoms with van der Waals surface area (Å²) in [6, 6.07) is 9.59. The monoisotopic (exact) mass is 243 g/mol. The molecule has 2 rings (SSSR count). The molecule has 0 aliphatic heterocycles. The zero-order valence-electron chi connectivity index (χ0n) is 10.1. The van der Waals surface area contributed by atoms with E-state index in [9.17, 15) is 4.79 Å². The van der Waals surface area contributed by atoms with E-state index in [1.54, 1.807) is 0 Å². The quantitative estimate of drug-likeness (QED) is 0.641. The second kappa shape index (κ2) is 4.83. The lowest BCUT2D eigenvalue weighted by Gasteiger charge is -2.05. The van der Waals surface area contributed by atoms with Crippen molar-refractivity contribution in [2.75, 3.05) is 5.43 Å². The molecular weight excluding hydrogens is 230 g/mol. The number of benzene rings is 1. The molecule has 5 nitrogen and oxygen atoms in total. The van der Waals surface area contributed by atoms with E-state index in [4.69, 9.17) is 5.11 Å². The van der Waals surface area contributed by atoms with E-state index in [1.165, 1.54) is 6.92 Å². The first-order valence-electron chi connectivity index (χ1n) is 5.48. The summed E-state index contributed by atoms with van der Waals surface area (Å²) < 4.78 is 0. The van der Waals surface area contributed by atoms with Crippen LogP contribution < -0.4 is 5.43 Å². The van der Waals surface area contributed by atoms with Crippen molar-refractivity contribution in [3.05, 3.63) is 35.9 Å². The number of nitrogens with one attached hydrogen (secondary N) is 1. The minimum atomic E-state index is -1.06. The lowest BCUT2D eigenvalue weighted by Crippen LogP contribution is -2.10. The molecular formula is C13H13N3O2. The third-order valence-corrected chi connectivity index (χ3v) is 2.57. The maximum absolute atomic E-state index is 10.6. The number of aryl methyl sites for hydroxylation is 1. The molecule has 18 heavy (non-hydrogen) atoms. The fourth-order valence-electron chi connectivity index (χ4n) is 1.60. The Hall–Kier alpha value is -2.43. The molecule has 1 aromatic heterocycles. The number of carboxylic acid groups (broad SMARTS) is 1. The van der Waals surface area contributed by atoms with Gasteiger partial charge in [-0.05, 0) is 31.5 Å². The van der Waals surface area contributed by atoms with Gasteiger partial charge in [0.2, 0.25) is 0 Å². The zero-order valence-corrected chi connectivity index (χ0v) is 10.1. The summed E-state index contributed by atoms with van der Waals surface area (Å²) in [4.78, 5) is 15.0. The Morgan fingerprint density at radius 3 is 2.83 bits per heavy atom. The van der Waals surface area contributed by atoms with E-state index in [0.717, 1.165) is 16.5 Å². The van der Waals surface area contributed by atoms with Crippen LogP contribution in [0.4, 0.5) is 5.82 Å². The smallest absolute Gasteiger partial charge is 0.351 e. The van der Waals surface area contributed by atoms with E-state index in [1.807, 2.05) is 37.3 Å². The molecule has 0 spiro atoms. The highest BCUT2D eigenvalue weighted by Crippen LogP contribution is 2.19. The Kier molecular flexibility index (Phi) is 3.23. The molecule has 1 heterocycles. The third-order valence-electron chi connectivity index (χ3n) is 2.57. The first-order valence-corrected chi connectivity index (χ1v) is 5.48. The van der Waals surface area contributed by atoms with Crippen LogP contribution in [0.3, 0.4) is 0 Å². The van der Waals surface area contributed by atoms with Gasteiger partial charge in [-0.2, -0.15) is 5.10 Å². The third kappa shape index (κ3) is 2.45. The van der Waals surface area contributed by atoms with Gasteiger partial charge in [0, 0.05) is 5.39 Å². The van der Waals surface area contributed by atoms with Crippen molar-refractivity contribution >= 4 is 28.4 Å². The number of fused-ring (bicyclic) bond motifs is 1. The number of aromatic nitrogens is 1. The fraction of sp³-hybridized carbons (Fsp3) is 0.154. The Balaban J connectivity index is 2.36. The Bertz CT molecular complexity index is 635. The average molecular weight is 243 g/mol. The van der Waals surface area contributed by atoms with Crippen LogP contribution in [0.25, 0.3) is 10.9 Å². The van der Waals surface area contributed by atoms with Crippen LogP contribution in [0.5, 0.6) is 0 Å². The van der Waals surface area contributed by atoms with Crippen molar-refractivity contribution in [1.82, 2.24) is 4.98 Å². The molecule has 1 aromatic carbocycles. The molecule has 92 valence electrons. The Morgan fingerprint density at radius 1 is 1.39 bits per heavy atom. The summed E-state index contributed by atoms with van der Waals surface area (Å²) in [5.74, 6) is -0.521. The molecule has 2 N–H and O–H groups in total. The summed E-state index contributed by atoms with van der Waals surface area (Å²) in [6.07, 6.45) is 0. The maximum atomic E-state index is 10.6. The largest absolute Gasteiger partial charge is 0.477 e. The minimum absolute atomic E-state index is 0.0115. The highest BCUT2D eigenvalue weighted by Gasteiger charge is 2.03. The number of carbonyl (C=O) groups is 1. The number of pyridine rings is 1. The number of nitrogens with zero attached hydrogens (tertiary/aromatic N) is 2. The minimum Gasteiger partial charge on any atom is -0.477 e. The average Bonchev–Trinajstić information content (AvgIpc) is 2.36. The molecule has 0 aliphatic carbocycles. The summed E-state index contributed by atoms with van der Waals surface area (Å²) in [5.41, 5.74) is 4.55. The van der Waals surface area contributed by atoms with Crippen molar-refractivity contribution in [1.29, 1.82) is 0 Å². The van der Waals surface area contributed by atoms with Crippen LogP contribution in [-0.4, -0.2) is 21.8 Å². The molecule has 0 radical (unpaired) electrons. The van der Waals surface area contributed by atoms with Crippen molar-refractivity contribution in [3.63, 3.8) is 0 Å². The van der Waals surface area contributed by atoms with Gasteiger partial charge in [0.25, 0.3) is 0 Å². The van der Waals surface area contributed by atoms with Crippen LogP contribution in [0.15, 0.2) is 35.4 Å². The number of aliphatic carboxylic acids is 1. The van der Waals surface area contributed by atoms with Crippen molar-refractivity contribution in [2.45, 2.75) is 13.8 Å². The normalized spacial score (nSPS) is 11.6. The van der Waals surface area contributed by atoms with Crippen LogP contribution in [0, 0.1) is 6.92 Å². The maximum Gasteiger partial charge on any atom is 0.351 e. The second-order valence-electron chi connectivity index (χ2n) is 3.96. The summed E-state index contributed by atoms with van der Waals surface area (Å²) >= 11 is 0. The van der Waals surface area contributed by atoms with Gasteiger partial charge < -0.3 is 5.11 Å². The van der Waals surface area contributed by atoms with Gasteiger partial charge >= 0.3 is 5.97 Å². The van der Waals surface area contributed by atoms with Crippen LogP contribution in [0.2, 0.25) is 0 Å². The summed E-state index contributed by atoms with van der Waals surface area (Å²) in [6.45, 7) is 3.40. The number of para-hydroxylation sites is 1. The number of hydrogen-bond donors (Lipinski definition) is 2. The highest BCUT2D eigenvalue weighted by molar-refractivity contribution is 6.34. The lowest BCUT2D eigenvalue weighted by molar-refractivity contribution is -0.129. The summed E-state index contributed by atoms with van der Waals surface area (Å²) in [7, 11) is 0. The van der Waals surface area contributed by atoms with Gasteiger partial charge in [-0.25, -0.2) is 9.78 Å². The van der Waals surface area contributed by atoms with Gasteiger partial charge in [0.05, 0.1) is 5.52 Å². The van der Waals surface area contributed by atoms with Gasteiger partial charge in [-0.1, -0.05) is 18.2 Å². The number of rotatable bonds is 3. The zero-order chi connectivity index (χ0) is 13.1. The second-order valence-corrected chi connectivity index (χ2v) is 3.96. The fourth-order valence-corrected chi connectivity index (χ4v) is 1.60. The number of hydrazone groups is 1. The molecule has 0 amide bonds. The number of hydrogen-bond acceptors (Lipinski definition) is 4. The Labute approximate surface area is 104 Å². The van der Waals surface area contributed by atoms with E-state index in [0.29, 0.717) is 5.82 Å². The highest BCUT2D eigenvalue weighted by atomic mass is 16.4. The van der Waals surface area contributed by atoms with Gasteiger partial charge in [0.1, 0.15) is 11.5 Å². The van der Waals surface area contributed by atoms with Gasteiger partial charge in [-0.15, -0.1) is 0 Å². The van der Waals surface area contributed by atoms with Crippen LogP contribution >= 0.6 is 0 Å². The van der Waals surface area contributed by atoms with E-state index < -0.39 is 5.97 Å². The molecule has 0 fully saturated rings. The van der Waals surface area contributed by atoms with Gasteiger partial charge in [-0.3, -0.25) is 5.43 Å².